The average Bonchev–Trinajstić information content (AvgIpc) is 3.47. The summed E-state index contributed by atoms with van der Waals surface area (Å²) in [6.07, 6.45) is 4.33. The third-order valence-corrected chi connectivity index (χ3v) is 8.35. The minimum atomic E-state index is -0.523. The summed E-state index contributed by atoms with van der Waals surface area (Å²) in [5.74, 6) is 0.826. The predicted molar refractivity (Wildman–Crippen MR) is 157 cm³/mol. The maximum absolute atomic E-state index is 13.7. The zero-order chi connectivity index (χ0) is 29.8. The zero-order valence-electron chi connectivity index (χ0n) is 24.4. The number of benzene rings is 2. The number of aliphatic hydroxyl groups is 1. The van der Waals surface area contributed by atoms with E-state index in [9.17, 15) is 19.5 Å². The van der Waals surface area contributed by atoms with Crippen molar-refractivity contribution in [1.82, 2.24) is 9.80 Å². The fraction of sp³-hybridized carbons (Fsp3) is 0.516. The summed E-state index contributed by atoms with van der Waals surface area (Å²) in [5, 5.41) is 15.9. The molecule has 11 heteroatoms. The third kappa shape index (κ3) is 6.41. The van der Waals surface area contributed by atoms with Crippen molar-refractivity contribution < 1.29 is 33.7 Å². The molecule has 226 valence electrons. The molecule has 0 unspecified atom stereocenters. The van der Waals surface area contributed by atoms with Crippen LogP contribution in [0.25, 0.3) is 0 Å². The number of nitrogens with one attached hydrogen (secondary N) is 2. The van der Waals surface area contributed by atoms with Crippen molar-refractivity contribution in [3.63, 3.8) is 0 Å². The lowest BCUT2D eigenvalue weighted by molar-refractivity contribution is -0.120. The van der Waals surface area contributed by atoms with Crippen LogP contribution < -0.4 is 24.8 Å². The molecule has 0 aromatic heterocycles. The lowest BCUT2D eigenvalue weighted by Crippen LogP contribution is -2.50. The number of urea groups is 1. The number of likely N-dealkylation sites (N-methyl/N-ethyl adjacent to an activating group) is 1. The summed E-state index contributed by atoms with van der Waals surface area (Å²) in [5.41, 5.74) is 1.30. The second-order valence-electron chi connectivity index (χ2n) is 11.5. The Hall–Kier alpha value is -3.99. The van der Waals surface area contributed by atoms with Crippen LogP contribution in [0.15, 0.2) is 36.4 Å². The molecular formula is C31H40N4O7. The number of carbonyl (C=O) groups excluding carboxylic acids is 3. The molecule has 11 nitrogen and oxygen atoms in total. The molecule has 3 aliphatic rings. The quantitative estimate of drug-likeness (QED) is 0.445. The van der Waals surface area contributed by atoms with E-state index in [4.69, 9.17) is 14.2 Å². The first kappa shape index (κ1) is 29.5. The van der Waals surface area contributed by atoms with E-state index in [0.717, 1.165) is 32.1 Å². The summed E-state index contributed by atoms with van der Waals surface area (Å²) >= 11 is 0. The van der Waals surface area contributed by atoms with Gasteiger partial charge < -0.3 is 39.8 Å². The fourth-order valence-electron chi connectivity index (χ4n) is 5.71. The molecule has 0 radical (unpaired) electrons. The Labute approximate surface area is 246 Å². The van der Waals surface area contributed by atoms with E-state index in [1.54, 1.807) is 55.3 Å². The van der Waals surface area contributed by atoms with E-state index < -0.39 is 12.1 Å². The Morgan fingerprint density at radius 3 is 2.62 bits per heavy atom. The predicted octanol–water partition coefficient (Wildman–Crippen LogP) is 4.32. The molecule has 3 N–H and O–H groups in total. The van der Waals surface area contributed by atoms with Crippen LogP contribution in [0, 0.1) is 11.8 Å². The molecule has 2 aliphatic heterocycles. The number of carbonyl (C=O) groups is 3. The van der Waals surface area contributed by atoms with E-state index in [0.29, 0.717) is 35.0 Å². The number of amides is 4. The number of hydrogen-bond donors (Lipinski definition) is 3. The lowest BCUT2D eigenvalue weighted by atomic mass is 9.88. The maximum Gasteiger partial charge on any atom is 0.321 e. The summed E-state index contributed by atoms with van der Waals surface area (Å²) in [7, 11) is 1.67. The number of aliphatic hydroxyl groups excluding tert-OH is 1. The van der Waals surface area contributed by atoms with Gasteiger partial charge in [-0.15, -0.1) is 0 Å². The molecule has 0 bridgehead atoms. The van der Waals surface area contributed by atoms with Crippen LogP contribution >= 0.6 is 0 Å². The minimum absolute atomic E-state index is 0.0772. The lowest BCUT2D eigenvalue weighted by Gasteiger charge is -2.38. The van der Waals surface area contributed by atoms with Gasteiger partial charge in [0.1, 0.15) is 6.10 Å². The Kier molecular flexibility index (Phi) is 9.06. The van der Waals surface area contributed by atoms with Crippen molar-refractivity contribution in [3.05, 3.63) is 42.0 Å². The van der Waals surface area contributed by atoms with Crippen LogP contribution in [-0.2, 0) is 4.79 Å². The largest absolute Gasteiger partial charge is 0.485 e. The highest BCUT2D eigenvalue weighted by molar-refractivity contribution is 6.02. The van der Waals surface area contributed by atoms with Crippen molar-refractivity contribution in [2.24, 2.45) is 11.8 Å². The number of ether oxygens (including phenoxy) is 3. The van der Waals surface area contributed by atoms with Gasteiger partial charge in [-0.3, -0.25) is 9.59 Å². The van der Waals surface area contributed by atoms with Gasteiger partial charge in [0.15, 0.2) is 17.2 Å². The number of para-hydroxylation sites is 1. The Bertz CT molecular complexity index is 1310. The van der Waals surface area contributed by atoms with Crippen molar-refractivity contribution in [2.45, 2.75) is 58.1 Å². The molecule has 4 amide bonds. The summed E-state index contributed by atoms with van der Waals surface area (Å²) in [6, 6.07) is 9.56. The van der Waals surface area contributed by atoms with Crippen molar-refractivity contribution in [2.75, 3.05) is 44.2 Å². The number of nitrogens with zero attached hydrogens (tertiary/aromatic N) is 2. The monoisotopic (exact) mass is 580 g/mol. The Morgan fingerprint density at radius 2 is 1.86 bits per heavy atom. The number of fused-ring (bicyclic) bond motifs is 2. The van der Waals surface area contributed by atoms with Gasteiger partial charge in [-0.05, 0) is 44.0 Å². The summed E-state index contributed by atoms with van der Waals surface area (Å²) < 4.78 is 17.3. The molecule has 3 atom stereocenters. The molecular weight excluding hydrogens is 540 g/mol. The first-order valence-corrected chi connectivity index (χ1v) is 14.7. The highest BCUT2D eigenvalue weighted by Crippen LogP contribution is 2.37. The second-order valence-corrected chi connectivity index (χ2v) is 11.5. The van der Waals surface area contributed by atoms with E-state index in [1.807, 2.05) is 6.92 Å². The SMILES string of the molecule is C[C@H](CO)N1C[C@H](C)[C@@H](CN(C)C(=O)Nc2ccc3c(c2)OCO3)Oc2c(NC(=O)C3CCCCC3)cccc2C1=O. The molecule has 0 saturated heterocycles. The Morgan fingerprint density at radius 1 is 1.10 bits per heavy atom. The van der Waals surface area contributed by atoms with Crippen molar-refractivity contribution in [1.29, 1.82) is 0 Å². The minimum Gasteiger partial charge on any atom is -0.485 e. The van der Waals surface area contributed by atoms with Crippen LogP contribution in [0.1, 0.15) is 56.3 Å². The van der Waals surface area contributed by atoms with Gasteiger partial charge in [-0.25, -0.2) is 4.79 Å². The van der Waals surface area contributed by atoms with E-state index >= 15 is 0 Å². The van der Waals surface area contributed by atoms with Gasteiger partial charge in [0, 0.05) is 37.2 Å². The van der Waals surface area contributed by atoms with Crippen molar-refractivity contribution >= 4 is 29.2 Å². The first-order chi connectivity index (χ1) is 20.2. The highest BCUT2D eigenvalue weighted by atomic mass is 16.7. The van der Waals surface area contributed by atoms with Crippen LogP contribution in [0.4, 0.5) is 16.2 Å². The van der Waals surface area contributed by atoms with E-state index in [2.05, 4.69) is 10.6 Å². The van der Waals surface area contributed by atoms with Gasteiger partial charge in [0.2, 0.25) is 12.7 Å². The van der Waals surface area contributed by atoms with Gasteiger partial charge in [0.25, 0.3) is 5.91 Å². The first-order valence-electron chi connectivity index (χ1n) is 14.7. The molecule has 2 aromatic rings. The van der Waals surface area contributed by atoms with Gasteiger partial charge >= 0.3 is 6.03 Å². The fourth-order valence-corrected chi connectivity index (χ4v) is 5.71. The third-order valence-electron chi connectivity index (χ3n) is 8.35. The second kappa shape index (κ2) is 12.9. The molecule has 1 fully saturated rings. The Balaban J connectivity index is 1.39. The van der Waals surface area contributed by atoms with E-state index in [1.165, 1.54) is 4.90 Å². The van der Waals surface area contributed by atoms with Crippen LogP contribution in [0.2, 0.25) is 0 Å². The number of hydrogen-bond acceptors (Lipinski definition) is 7. The standard InChI is InChI=1S/C31H40N4O7/c1-19-15-35(20(2)17-36)30(38)23-10-7-11-24(33-29(37)21-8-5-4-6-9-21)28(23)42-27(19)16-34(3)31(39)32-22-12-13-25-26(14-22)41-18-40-25/h7,10-14,19-21,27,36H,4-6,8-9,15-18H2,1-3H3,(H,32,39)(H,33,37)/t19-,20+,27+/m0/s1. The molecule has 2 heterocycles. The topological polar surface area (TPSA) is 130 Å². The molecule has 42 heavy (non-hydrogen) atoms. The molecule has 5 rings (SSSR count). The van der Waals surface area contributed by atoms with Gasteiger partial charge in [-0.2, -0.15) is 0 Å². The smallest absolute Gasteiger partial charge is 0.321 e. The van der Waals surface area contributed by atoms with E-state index in [-0.39, 0.29) is 55.4 Å². The zero-order valence-corrected chi connectivity index (χ0v) is 24.4. The number of rotatable bonds is 7. The average molecular weight is 581 g/mol. The maximum atomic E-state index is 13.7. The van der Waals surface area contributed by atoms with Crippen molar-refractivity contribution in [3.8, 4) is 17.2 Å². The summed E-state index contributed by atoms with van der Waals surface area (Å²) in [4.78, 5) is 43.3. The molecule has 0 spiro atoms. The van der Waals surface area contributed by atoms with Crippen LogP contribution in [0.5, 0.6) is 17.2 Å². The van der Waals surface area contributed by atoms with Crippen LogP contribution in [0.3, 0.4) is 0 Å². The normalized spacial score (nSPS) is 21.0. The van der Waals surface area contributed by atoms with Crippen LogP contribution in [-0.4, -0.2) is 78.4 Å². The number of anilines is 2. The van der Waals surface area contributed by atoms with Gasteiger partial charge in [0.05, 0.1) is 30.4 Å². The molecule has 2 aromatic carbocycles. The highest BCUT2D eigenvalue weighted by Gasteiger charge is 2.35. The molecule has 1 aliphatic carbocycles. The molecule has 1 saturated carbocycles. The van der Waals surface area contributed by atoms with Gasteiger partial charge in [-0.1, -0.05) is 32.3 Å². The summed E-state index contributed by atoms with van der Waals surface area (Å²) in [6.45, 7) is 4.21.